The van der Waals surface area contributed by atoms with Gasteiger partial charge in [0.15, 0.2) is 0 Å². The molecule has 0 radical (unpaired) electrons. The van der Waals surface area contributed by atoms with Crippen LogP contribution in [0.4, 0.5) is 0 Å². The molecule has 0 aliphatic carbocycles. The summed E-state index contributed by atoms with van der Waals surface area (Å²) in [6.07, 6.45) is 1.51. The van der Waals surface area contributed by atoms with Gasteiger partial charge in [0.25, 0.3) is 0 Å². The number of hydrogen-bond acceptors (Lipinski definition) is 3. The smallest absolute Gasteiger partial charge is 0.143 e. The number of nitrogens with zero attached hydrogens (tertiary/aromatic N) is 1. The van der Waals surface area contributed by atoms with Gasteiger partial charge in [-0.1, -0.05) is 17.4 Å². The quantitative estimate of drug-likeness (QED) is 0.584. The van der Waals surface area contributed by atoms with Crippen molar-refractivity contribution in [1.82, 2.24) is 5.16 Å². The number of nitrogens with two attached hydrogens (primary N) is 1. The largest absolute Gasteiger partial charge is 0.389 e. The molecule has 1 rings (SSSR count). The molecule has 0 fully saturated rings. The van der Waals surface area contributed by atoms with Crippen LogP contribution in [0, 0.1) is 6.92 Å². The number of rotatable bonds is 1. The standard InChI is InChI=1S/C5H6N2OS/c1-3-4(5(6)9)2-7-8-3/h2H,1H3,(H2,6,9). The highest BCUT2D eigenvalue weighted by Gasteiger charge is 2.03. The zero-order valence-electron chi connectivity index (χ0n) is 4.92. The molecule has 0 aromatic carbocycles. The van der Waals surface area contributed by atoms with Crippen LogP contribution in [-0.4, -0.2) is 10.1 Å². The molecular weight excluding hydrogens is 136 g/mol. The van der Waals surface area contributed by atoms with Crippen molar-refractivity contribution in [3.63, 3.8) is 0 Å². The molecule has 2 N–H and O–H groups in total. The van der Waals surface area contributed by atoms with Gasteiger partial charge in [-0.05, 0) is 6.92 Å². The predicted octanol–water partition coefficient (Wildman–Crippen LogP) is 0.617. The zero-order valence-corrected chi connectivity index (χ0v) is 5.73. The van der Waals surface area contributed by atoms with E-state index in [2.05, 4.69) is 17.4 Å². The molecule has 0 atom stereocenters. The first kappa shape index (κ1) is 6.22. The fraction of sp³-hybridized carbons (Fsp3) is 0.200. The molecule has 0 aliphatic rings. The number of hydrogen-bond donors (Lipinski definition) is 1. The summed E-state index contributed by atoms with van der Waals surface area (Å²) >= 11 is 4.68. The molecule has 0 aliphatic heterocycles. The average molecular weight is 142 g/mol. The van der Waals surface area contributed by atoms with Crippen LogP contribution in [0.15, 0.2) is 10.7 Å². The lowest BCUT2D eigenvalue weighted by Crippen LogP contribution is -2.09. The van der Waals surface area contributed by atoms with Crippen LogP contribution >= 0.6 is 12.2 Å². The Bertz CT molecular complexity index is 231. The van der Waals surface area contributed by atoms with E-state index in [1.807, 2.05) is 0 Å². The van der Waals surface area contributed by atoms with E-state index < -0.39 is 0 Å². The van der Waals surface area contributed by atoms with Crippen molar-refractivity contribution in [2.75, 3.05) is 0 Å². The Labute approximate surface area is 57.8 Å². The minimum Gasteiger partial charge on any atom is -0.389 e. The lowest BCUT2D eigenvalue weighted by molar-refractivity contribution is 0.397. The molecule has 1 aromatic heterocycles. The summed E-state index contributed by atoms with van der Waals surface area (Å²) in [5.41, 5.74) is 6.00. The summed E-state index contributed by atoms with van der Waals surface area (Å²) in [6, 6.07) is 0. The third kappa shape index (κ3) is 1.08. The van der Waals surface area contributed by atoms with E-state index in [0.29, 0.717) is 16.3 Å². The van der Waals surface area contributed by atoms with Gasteiger partial charge in [-0.3, -0.25) is 0 Å². The van der Waals surface area contributed by atoms with Crippen LogP contribution in [0.3, 0.4) is 0 Å². The van der Waals surface area contributed by atoms with E-state index in [-0.39, 0.29) is 0 Å². The second kappa shape index (κ2) is 2.14. The molecule has 0 amide bonds. The van der Waals surface area contributed by atoms with Crippen LogP contribution < -0.4 is 5.73 Å². The van der Waals surface area contributed by atoms with Gasteiger partial charge in [0, 0.05) is 0 Å². The van der Waals surface area contributed by atoms with E-state index >= 15 is 0 Å². The van der Waals surface area contributed by atoms with Gasteiger partial charge in [-0.25, -0.2) is 0 Å². The Morgan fingerprint density at radius 3 is 2.78 bits per heavy atom. The molecule has 0 spiro atoms. The van der Waals surface area contributed by atoms with E-state index in [9.17, 15) is 0 Å². The van der Waals surface area contributed by atoms with Crippen LogP contribution in [0.1, 0.15) is 11.3 Å². The Morgan fingerprint density at radius 2 is 2.56 bits per heavy atom. The van der Waals surface area contributed by atoms with Crippen molar-refractivity contribution in [3.05, 3.63) is 17.5 Å². The van der Waals surface area contributed by atoms with Crippen LogP contribution in [-0.2, 0) is 0 Å². The first-order valence-electron chi connectivity index (χ1n) is 2.43. The fourth-order valence-corrected chi connectivity index (χ4v) is 0.732. The van der Waals surface area contributed by atoms with Gasteiger partial charge >= 0.3 is 0 Å². The summed E-state index contributed by atoms with van der Waals surface area (Å²) in [4.78, 5) is 0.328. The molecule has 3 nitrogen and oxygen atoms in total. The molecular formula is C5H6N2OS. The van der Waals surface area contributed by atoms with Crippen LogP contribution in [0.5, 0.6) is 0 Å². The number of thiocarbonyl (C=S) groups is 1. The van der Waals surface area contributed by atoms with Gasteiger partial charge in [0.05, 0.1) is 11.8 Å². The van der Waals surface area contributed by atoms with Crippen molar-refractivity contribution in [2.45, 2.75) is 6.92 Å². The Balaban J connectivity index is 3.08. The maximum Gasteiger partial charge on any atom is 0.143 e. The minimum atomic E-state index is 0.328. The third-order valence-electron chi connectivity index (χ3n) is 1.02. The molecule has 1 aromatic rings. The average Bonchev–Trinajstić information content (AvgIpc) is 2.13. The monoisotopic (exact) mass is 142 g/mol. The van der Waals surface area contributed by atoms with Gasteiger partial charge in [-0.15, -0.1) is 0 Å². The Hall–Kier alpha value is -0.900. The highest BCUT2D eigenvalue weighted by molar-refractivity contribution is 7.80. The molecule has 0 saturated heterocycles. The lowest BCUT2D eigenvalue weighted by Gasteiger charge is -1.87. The molecule has 0 unspecified atom stereocenters. The fourth-order valence-electron chi connectivity index (χ4n) is 0.535. The maximum absolute atomic E-state index is 5.29. The van der Waals surface area contributed by atoms with Crippen molar-refractivity contribution in [3.8, 4) is 0 Å². The van der Waals surface area contributed by atoms with Gasteiger partial charge in [0.2, 0.25) is 0 Å². The van der Waals surface area contributed by atoms with Crippen LogP contribution in [0.25, 0.3) is 0 Å². The Morgan fingerprint density at radius 1 is 1.89 bits per heavy atom. The van der Waals surface area contributed by atoms with Crippen molar-refractivity contribution in [2.24, 2.45) is 5.73 Å². The van der Waals surface area contributed by atoms with E-state index in [1.54, 1.807) is 6.92 Å². The van der Waals surface area contributed by atoms with Crippen molar-refractivity contribution >= 4 is 17.2 Å². The second-order valence-electron chi connectivity index (χ2n) is 1.66. The number of aromatic nitrogens is 1. The van der Waals surface area contributed by atoms with Crippen molar-refractivity contribution in [1.29, 1.82) is 0 Å². The molecule has 9 heavy (non-hydrogen) atoms. The highest BCUT2D eigenvalue weighted by Crippen LogP contribution is 2.03. The maximum atomic E-state index is 5.29. The zero-order chi connectivity index (χ0) is 6.85. The molecule has 1 heterocycles. The van der Waals surface area contributed by atoms with Gasteiger partial charge in [0.1, 0.15) is 10.7 Å². The summed E-state index contributed by atoms with van der Waals surface area (Å²) in [5.74, 6) is 0.669. The normalized spacial score (nSPS) is 9.44. The number of aryl methyl sites for hydroxylation is 1. The molecule has 0 saturated carbocycles. The first-order valence-corrected chi connectivity index (χ1v) is 2.83. The predicted molar refractivity (Wildman–Crippen MR) is 37.1 cm³/mol. The minimum absolute atomic E-state index is 0.328. The van der Waals surface area contributed by atoms with Crippen molar-refractivity contribution < 1.29 is 4.52 Å². The summed E-state index contributed by atoms with van der Waals surface area (Å²) in [6.45, 7) is 1.77. The molecule has 48 valence electrons. The lowest BCUT2D eigenvalue weighted by atomic mass is 10.3. The third-order valence-corrected chi connectivity index (χ3v) is 1.24. The Kier molecular flexibility index (Phi) is 1.48. The second-order valence-corrected chi connectivity index (χ2v) is 2.10. The van der Waals surface area contributed by atoms with E-state index in [0.717, 1.165) is 0 Å². The summed E-state index contributed by atoms with van der Waals surface area (Å²) in [7, 11) is 0. The van der Waals surface area contributed by atoms with Crippen LogP contribution in [0.2, 0.25) is 0 Å². The topological polar surface area (TPSA) is 52.0 Å². The van der Waals surface area contributed by atoms with Gasteiger partial charge in [-0.2, -0.15) is 0 Å². The molecule has 4 heteroatoms. The van der Waals surface area contributed by atoms with E-state index in [4.69, 9.17) is 10.3 Å². The highest BCUT2D eigenvalue weighted by atomic mass is 32.1. The van der Waals surface area contributed by atoms with Gasteiger partial charge < -0.3 is 10.3 Å². The summed E-state index contributed by atoms with van der Waals surface area (Å²) < 4.78 is 4.71. The summed E-state index contributed by atoms with van der Waals surface area (Å²) in [5, 5.41) is 3.50. The van der Waals surface area contributed by atoms with E-state index in [1.165, 1.54) is 6.20 Å². The molecule has 0 bridgehead atoms. The SMILES string of the molecule is Cc1oncc1C(N)=S. The first-order chi connectivity index (χ1) is 4.22.